The van der Waals surface area contributed by atoms with Crippen LogP contribution in [0.3, 0.4) is 0 Å². The number of halogens is 1. The van der Waals surface area contributed by atoms with Crippen LogP contribution < -0.4 is 0 Å². The monoisotopic (exact) mass is 293 g/mol. The minimum absolute atomic E-state index is 0.507. The van der Waals surface area contributed by atoms with Gasteiger partial charge in [-0.15, -0.1) is 0 Å². The standard InChI is InChI=1S/C15H20ClN3O/c1-18(7-3-8-19-9-6-17-12-19)11-15(20)13-4-2-5-14(16)10-13/h2,4-6,9-10,12,15,20H,3,7-8,11H2,1H3. The van der Waals surface area contributed by atoms with Crippen LogP contribution in [0.4, 0.5) is 0 Å². The lowest BCUT2D eigenvalue weighted by molar-refractivity contribution is 0.125. The maximum absolute atomic E-state index is 10.2. The number of aliphatic hydroxyl groups is 1. The van der Waals surface area contributed by atoms with Crippen LogP contribution in [-0.4, -0.2) is 39.7 Å². The third-order valence-corrected chi connectivity index (χ3v) is 3.47. The van der Waals surface area contributed by atoms with E-state index in [1.807, 2.05) is 43.8 Å². The Morgan fingerprint density at radius 3 is 3.00 bits per heavy atom. The minimum Gasteiger partial charge on any atom is -0.387 e. The number of nitrogens with zero attached hydrogens (tertiary/aromatic N) is 3. The molecule has 108 valence electrons. The molecule has 0 spiro atoms. The van der Waals surface area contributed by atoms with E-state index in [1.54, 1.807) is 6.20 Å². The van der Waals surface area contributed by atoms with Gasteiger partial charge in [0.1, 0.15) is 0 Å². The van der Waals surface area contributed by atoms with Crippen LogP contribution in [0.15, 0.2) is 43.0 Å². The van der Waals surface area contributed by atoms with Gasteiger partial charge in [-0.3, -0.25) is 0 Å². The second kappa shape index (κ2) is 7.43. The van der Waals surface area contributed by atoms with Crippen LogP contribution in [-0.2, 0) is 6.54 Å². The Hall–Kier alpha value is -1.36. The van der Waals surface area contributed by atoms with Gasteiger partial charge in [0.15, 0.2) is 0 Å². The molecule has 0 bridgehead atoms. The number of likely N-dealkylation sites (N-methyl/N-ethyl adjacent to an activating group) is 1. The summed E-state index contributed by atoms with van der Waals surface area (Å²) in [7, 11) is 2.02. The lowest BCUT2D eigenvalue weighted by atomic mass is 10.1. The molecule has 0 amide bonds. The highest BCUT2D eigenvalue weighted by Gasteiger charge is 2.10. The third kappa shape index (κ3) is 4.63. The van der Waals surface area contributed by atoms with Crippen LogP contribution in [0.1, 0.15) is 18.1 Å². The summed E-state index contributed by atoms with van der Waals surface area (Å²) in [6, 6.07) is 7.38. The largest absolute Gasteiger partial charge is 0.387 e. The van der Waals surface area contributed by atoms with Gasteiger partial charge >= 0.3 is 0 Å². The van der Waals surface area contributed by atoms with Gasteiger partial charge < -0.3 is 14.6 Å². The number of hydrogen-bond donors (Lipinski definition) is 1. The zero-order valence-electron chi connectivity index (χ0n) is 11.6. The molecule has 20 heavy (non-hydrogen) atoms. The Morgan fingerprint density at radius 2 is 2.30 bits per heavy atom. The van der Waals surface area contributed by atoms with Crippen molar-refractivity contribution in [3.05, 3.63) is 53.6 Å². The molecule has 0 saturated carbocycles. The van der Waals surface area contributed by atoms with E-state index in [4.69, 9.17) is 11.6 Å². The molecule has 0 saturated heterocycles. The van der Waals surface area contributed by atoms with Crippen molar-refractivity contribution in [2.45, 2.75) is 19.1 Å². The van der Waals surface area contributed by atoms with Gasteiger partial charge in [-0.1, -0.05) is 23.7 Å². The number of rotatable bonds is 7. The topological polar surface area (TPSA) is 41.3 Å². The molecule has 0 fully saturated rings. The molecular weight excluding hydrogens is 274 g/mol. The summed E-state index contributed by atoms with van der Waals surface area (Å²) in [5.74, 6) is 0. The van der Waals surface area contributed by atoms with Gasteiger partial charge in [0.05, 0.1) is 12.4 Å². The molecule has 1 unspecified atom stereocenters. The van der Waals surface area contributed by atoms with Crippen molar-refractivity contribution in [1.29, 1.82) is 0 Å². The van der Waals surface area contributed by atoms with Crippen molar-refractivity contribution in [2.24, 2.45) is 0 Å². The predicted molar refractivity (Wildman–Crippen MR) is 80.8 cm³/mol. The minimum atomic E-state index is -0.507. The van der Waals surface area contributed by atoms with Gasteiger partial charge in [0.25, 0.3) is 0 Å². The van der Waals surface area contributed by atoms with Gasteiger partial charge in [0, 0.05) is 30.5 Å². The number of benzene rings is 1. The molecule has 1 aromatic carbocycles. The number of hydrogen-bond acceptors (Lipinski definition) is 3. The molecule has 1 N–H and O–H groups in total. The second-order valence-electron chi connectivity index (χ2n) is 4.99. The van der Waals surface area contributed by atoms with Crippen molar-refractivity contribution in [3.8, 4) is 0 Å². The van der Waals surface area contributed by atoms with Crippen LogP contribution >= 0.6 is 11.6 Å². The van der Waals surface area contributed by atoms with Crippen LogP contribution in [0, 0.1) is 0 Å². The van der Waals surface area contributed by atoms with E-state index in [0.29, 0.717) is 11.6 Å². The highest BCUT2D eigenvalue weighted by molar-refractivity contribution is 6.30. The molecule has 2 rings (SSSR count). The normalized spacial score (nSPS) is 12.8. The lowest BCUT2D eigenvalue weighted by Crippen LogP contribution is -2.26. The summed E-state index contributed by atoms with van der Waals surface area (Å²) in [4.78, 5) is 6.14. The third-order valence-electron chi connectivity index (χ3n) is 3.23. The molecule has 4 nitrogen and oxygen atoms in total. The fourth-order valence-electron chi connectivity index (χ4n) is 2.15. The van der Waals surface area contributed by atoms with E-state index in [9.17, 15) is 5.11 Å². The number of aromatic nitrogens is 2. The molecular formula is C15H20ClN3O. The highest BCUT2D eigenvalue weighted by Crippen LogP contribution is 2.18. The zero-order chi connectivity index (χ0) is 14.4. The Kier molecular flexibility index (Phi) is 5.59. The average molecular weight is 294 g/mol. The summed E-state index contributed by atoms with van der Waals surface area (Å²) in [5, 5.41) is 10.8. The van der Waals surface area contributed by atoms with Crippen LogP contribution in [0.25, 0.3) is 0 Å². The van der Waals surface area contributed by atoms with Crippen molar-refractivity contribution >= 4 is 11.6 Å². The van der Waals surface area contributed by atoms with Gasteiger partial charge in [0.2, 0.25) is 0 Å². The van der Waals surface area contributed by atoms with Crippen LogP contribution in [0.5, 0.6) is 0 Å². The lowest BCUT2D eigenvalue weighted by Gasteiger charge is -2.21. The van der Waals surface area contributed by atoms with Crippen molar-refractivity contribution in [1.82, 2.24) is 14.5 Å². The first-order valence-corrected chi connectivity index (χ1v) is 7.11. The number of imidazole rings is 1. The summed E-state index contributed by atoms with van der Waals surface area (Å²) in [5.41, 5.74) is 0.860. The fraction of sp³-hybridized carbons (Fsp3) is 0.400. The molecule has 0 aliphatic carbocycles. The highest BCUT2D eigenvalue weighted by atomic mass is 35.5. The van der Waals surface area contributed by atoms with Crippen molar-refractivity contribution in [3.63, 3.8) is 0 Å². The first-order chi connectivity index (χ1) is 9.65. The number of aliphatic hydroxyl groups excluding tert-OH is 1. The smallest absolute Gasteiger partial charge is 0.0945 e. The average Bonchev–Trinajstić information content (AvgIpc) is 2.92. The summed E-state index contributed by atoms with van der Waals surface area (Å²) in [6.45, 7) is 2.47. The second-order valence-corrected chi connectivity index (χ2v) is 5.42. The predicted octanol–water partition coefficient (Wildman–Crippen LogP) is 2.59. The quantitative estimate of drug-likeness (QED) is 0.853. The van der Waals surface area contributed by atoms with E-state index in [-0.39, 0.29) is 0 Å². The van der Waals surface area contributed by atoms with Gasteiger partial charge in [-0.05, 0) is 37.7 Å². The SMILES string of the molecule is CN(CCCn1ccnc1)CC(O)c1cccc(Cl)c1. The van der Waals surface area contributed by atoms with E-state index in [2.05, 4.69) is 14.5 Å². The zero-order valence-corrected chi connectivity index (χ0v) is 12.4. The first-order valence-electron chi connectivity index (χ1n) is 6.73. The van der Waals surface area contributed by atoms with Crippen molar-refractivity contribution < 1.29 is 5.11 Å². The Balaban J connectivity index is 1.74. The summed E-state index contributed by atoms with van der Waals surface area (Å²) < 4.78 is 2.06. The molecule has 0 aliphatic heterocycles. The Labute approximate surface area is 124 Å². The van der Waals surface area contributed by atoms with Crippen molar-refractivity contribution in [2.75, 3.05) is 20.1 Å². The Morgan fingerprint density at radius 1 is 1.45 bits per heavy atom. The fourth-order valence-corrected chi connectivity index (χ4v) is 2.35. The molecule has 1 aromatic heterocycles. The molecule has 1 atom stereocenters. The van der Waals surface area contributed by atoms with Gasteiger partial charge in [-0.2, -0.15) is 0 Å². The summed E-state index contributed by atoms with van der Waals surface area (Å²) in [6.07, 6.45) is 6.08. The molecule has 0 radical (unpaired) electrons. The Bertz CT molecular complexity index is 516. The number of aryl methyl sites for hydroxylation is 1. The maximum atomic E-state index is 10.2. The first kappa shape index (κ1) is 15.0. The molecule has 2 aromatic rings. The summed E-state index contributed by atoms with van der Waals surface area (Å²) >= 11 is 5.93. The van der Waals surface area contributed by atoms with E-state index in [0.717, 1.165) is 25.1 Å². The molecule has 1 heterocycles. The molecule has 5 heteroatoms. The molecule has 0 aliphatic rings. The maximum Gasteiger partial charge on any atom is 0.0945 e. The van der Waals surface area contributed by atoms with E-state index >= 15 is 0 Å². The van der Waals surface area contributed by atoms with Crippen LogP contribution in [0.2, 0.25) is 5.02 Å². The van der Waals surface area contributed by atoms with E-state index < -0.39 is 6.10 Å². The van der Waals surface area contributed by atoms with E-state index in [1.165, 1.54) is 0 Å². The van der Waals surface area contributed by atoms with Gasteiger partial charge in [-0.25, -0.2) is 4.98 Å².